The predicted molar refractivity (Wildman–Crippen MR) is 88.6 cm³/mol. The van der Waals surface area contributed by atoms with Gasteiger partial charge in [0.2, 0.25) is 0 Å². The molecule has 0 aromatic heterocycles. The number of carbonyl (C=O) groups is 2. The Bertz CT molecular complexity index is 774. The molecule has 0 heterocycles. The molecule has 0 aliphatic heterocycles. The van der Waals surface area contributed by atoms with Crippen molar-refractivity contribution in [2.24, 2.45) is 5.73 Å². The summed E-state index contributed by atoms with van der Waals surface area (Å²) in [6.07, 6.45) is -4.00. The van der Waals surface area contributed by atoms with Gasteiger partial charge in [-0.3, -0.25) is 9.59 Å². The van der Waals surface area contributed by atoms with Gasteiger partial charge in [-0.05, 0) is 36.2 Å². The van der Waals surface area contributed by atoms with E-state index in [0.29, 0.717) is 12.0 Å². The number of hydrogen-bond acceptors (Lipinski definition) is 3. The zero-order valence-electron chi connectivity index (χ0n) is 13.7. The van der Waals surface area contributed by atoms with Crippen LogP contribution < -0.4 is 15.8 Å². The number of carbonyl (C=O) groups excluding carboxylic acids is 2. The molecule has 2 amide bonds. The number of rotatable bonds is 7. The minimum atomic E-state index is -4.37. The van der Waals surface area contributed by atoms with Gasteiger partial charge in [0.05, 0.1) is 11.1 Å². The van der Waals surface area contributed by atoms with Crippen LogP contribution in [0.2, 0.25) is 0 Å². The maximum absolute atomic E-state index is 12.5. The minimum Gasteiger partial charge on any atom is -0.483 e. The van der Waals surface area contributed by atoms with E-state index < -0.39 is 23.6 Å². The second kappa shape index (κ2) is 8.37. The van der Waals surface area contributed by atoms with Crippen molar-refractivity contribution in [2.45, 2.75) is 12.6 Å². The number of alkyl halides is 3. The zero-order chi connectivity index (χ0) is 19.2. The van der Waals surface area contributed by atoms with Crippen LogP contribution in [-0.4, -0.2) is 25.0 Å². The minimum absolute atomic E-state index is 0.221. The van der Waals surface area contributed by atoms with Crippen LogP contribution in [0, 0.1) is 0 Å². The van der Waals surface area contributed by atoms with Crippen LogP contribution in [0.25, 0.3) is 0 Å². The number of amides is 2. The van der Waals surface area contributed by atoms with Crippen molar-refractivity contribution in [3.63, 3.8) is 0 Å². The van der Waals surface area contributed by atoms with Crippen LogP contribution in [-0.2, 0) is 17.4 Å². The van der Waals surface area contributed by atoms with E-state index in [2.05, 4.69) is 5.32 Å². The summed E-state index contributed by atoms with van der Waals surface area (Å²) in [6.45, 7) is -0.121. The smallest absolute Gasteiger partial charge is 0.416 e. The molecule has 0 fully saturated rings. The molecule has 2 aromatic carbocycles. The van der Waals surface area contributed by atoms with Crippen molar-refractivity contribution in [3.05, 3.63) is 65.2 Å². The Morgan fingerprint density at radius 2 is 1.69 bits per heavy atom. The number of primary amides is 1. The van der Waals surface area contributed by atoms with Crippen molar-refractivity contribution in [1.82, 2.24) is 5.32 Å². The lowest BCUT2D eigenvalue weighted by molar-refractivity contribution is -0.137. The first-order valence-corrected chi connectivity index (χ1v) is 7.72. The molecule has 0 unspecified atom stereocenters. The third-order valence-corrected chi connectivity index (χ3v) is 3.48. The maximum atomic E-state index is 12.5. The fourth-order valence-electron chi connectivity index (χ4n) is 2.20. The fraction of sp³-hybridized carbons (Fsp3) is 0.222. The number of hydrogen-bond donors (Lipinski definition) is 2. The molecule has 0 atom stereocenters. The van der Waals surface area contributed by atoms with Crippen LogP contribution in [0.3, 0.4) is 0 Å². The molecule has 3 N–H and O–H groups in total. The van der Waals surface area contributed by atoms with Gasteiger partial charge in [0.15, 0.2) is 6.61 Å². The Labute approximate surface area is 148 Å². The average molecular weight is 366 g/mol. The highest BCUT2D eigenvalue weighted by molar-refractivity contribution is 5.97. The largest absolute Gasteiger partial charge is 0.483 e. The molecule has 8 heteroatoms. The molecule has 0 aliphatic rings. The van der Waals surface area contributed by atoms with E-state index in [0.717, 1.165) is 12.1 Å². The van der Waals surface area contributed by atoms with E-state index in [4.69, 9.17) is 10.5 Å². The zero-order valence-corrected chi connectivity index (χ0v) is 13.7. The SMILES string of the molecule is NC(=O)COc1ccccc1C(=O)NCCc1ccc(C(F)(F)F)cc1. The summed E-state index contributed by atoms with van der Waals surface area (Å²) >= 11 is 0. The van der Waals surface area contributed by atoms with E-state index in [9.17, 15) is 22.8 Å². The third-order valence-electron chi connectivity index (χ3n) is 3.48. The summed E-state index contributed by atoms with van der Waals surface area (Å²) in [6, 6.07) is 11.1. The van der Waals surface area contributed by atoms with Crippen LogP contribution in [0.4, 0.5) is 13.2 Å². The van der Waals surface area contributed by atoms with Crippen molar-refractivity contribution >= 4 is 11.8 Å². The first kappa shape index (κ1) is 19.3. The molecule has 138 valence electrons. The first-order valence-electron chi connectivity index (χ1n) is 7.72. The third kappa shape index (κ3) is 5.51. The highest BCUT2D eigenvalue weighted by atomic mass is 19.4. The number of halogens is 3. The standard InChI is InChI=1S/C18H17F3N2O3/c19-18(20,21)13-7-5-12(6-8-13)9-10-23-17(25)14-3-1-2-4-15(14)26-11-16(22)24/h1-8H,9-11H2,(H2,22,24)(H,23,25). The molecule has 0 aliphatic carbocycles. The number of nitrogens with one attached hydrogen (secondary N) is 1. The van der Waals surface area contributed by atoms with E-state index in [1.165, 1.54) is 24.3 Å². The van der Waals surface area contributed by atoms with Crippen LogP contribution in [0.1, 0.15) is 21.5 Å². The highest BCUT2D eigenvalue weighted by Gasteiger charge is 2.29. The summed E-state index contributed by atoms with van der Waals surface area (Å²) in [4.78, 5) is 23.0. The van der Waals surface area contributed by atoms with Gasteiger partial charge in [0, 0.05) is 6.54 Å². The van der Waals surface area contributed by atoms with Crippen molar-refractivity contribution < 1.29 is 27.5 Å². The van der Waals surface area contributed by atoms with Crippen molar-refractivity contribution in [2.75, 3.05) is 13.2 Å². The Morgan fingerprint density at radius 1 is 1.04 bits per heavy atom. The van der Waals surface area contributed by atoms with Gasteiger partial charge in [-0.2, -0.15) is 13.2 Å². The van der Waals surface area contributed by atoms with Gasteiger partial charge in [-0.1, -0.05) is 24.3 Å². The van der Waals surface area contributed by atoms with Gasteiger partial charge >= 0.3 is 6.18 Å². The topological polar surface area (TPSA) is 81.4 Å². The van der Waals surface area contributed by atoms with Gasteiger partial charge in [0.25, 0.3) is 11.8 Å². The molecule has 0 radical (unpaired) electrons. The molecule has 2 rings (SSSR count). The summed E-state index contributed by atoms with van der Waals surface area (Å²) in [5.41, 5.74) is 5.20. The Balaban J connectivity index is 1.92. The second-order valence-electron chi connectivity index (χ2n) is 5.45. The summed E-state index contributed by atoms with van der Waals surface area (Å²) in [5, 5.41) is 2.66. The molecule has 2 aromatic rings. The van der Waals surface area contributed by atoms with Gasteiger partial charge in [-0.15, -0.1) is 0 Å². The molecule has 0 saturated heterocycles. The van der Waals surface area contributed by atoms with Crippen LogP contribution >= 0.6 is 0 Å². The summed E-state index contributed by atoms with van der Waals surface area (Å²) in [7, 11) is 0. The van der Waals surface area contributed by atoms with Gasteiger partial charge in [-0.25, -0.2) is 0 Å². The molecular weight excluding hydrogens is 349 g/mol. The Kier molecular flexibility index (Phi) is 6.21. The fourth-order valence-corrected chi connectivity index (χ4v) is 2.20. The van der Waals surface area contributed by atoms with Crippen molar-refractivity contribution in [1.29, 1.82) is 0 Å². The lowest BCUT2D eigenvalue weighted by Gasteiger charge is -2.11. The second-order valence-corrected chi connectivity index (χ2v) is 5.45. The monoisotopic (exact) mass is 366 g/mol. The van der Waals surface area contributed by atoms with E-state index in [1.807, 2.05) is 0 Å². The Hall–Kier alpha value is -3.03. The molecule has 0 bridgehead atoms. The van der Waals surface area contributed by atoms with Crippen LogP contribution in [0.15, 0.2) is 48.5 Å². The summed E-state index contributed by atoms with van der Waals surface area (Å²) in [5.74, 6) is -0.863. The number of ether oxygens (including phenoxy) is 1. The quantitative estimate of drug-likeness (QED) is 0.790. The van der Waals surface area contributed by atoms with Crippen LogP contribution in [0.5, 0.6) is 5.75 Å². The van der Waals surface area contributed by atoms with Gasteiger partial charge in [0.1, 0.15) is 5.75 Å². The molecular formula is C18H17F3N2O3. The van der Waals surface area contributed by atoms with Gasteiger partial charge < -0.3 is 15.8 Å². The lowest BCUT2D eigenvalue weighted by atomic mass is 10.1. The van der Waals surface area contributed by atoms with Crippen molar-refractivity contribution in [3.8, 4) is 5.75 Å². The van der Waals surface area contributed by atoms with E-state index >= 15 is 0 Å². The number of benzene rings is 2. The molecule has 0 saturated carbocycles. The van der Waals surface area contributed by atoms with E-state index in [1.54, 1.807) is 12.1 Å². The summed E-state index contributed by atoms with van der Waals surface area (Å²) < 4.78 is 42.7. The Morgan fingerprint density at radius 3 is 2.31 bits per heavy atom. The molecule has 0 spiro atoms. The molecule has 5 nitrogen and oxygen atoms in total. The normalized spacial score (nSPS) is 11.0. The average Bonchev–Trinajstić information content (AvgIpc) is 2.59. The highest BCUT2D eigenvalue weighted by Crippen LogP contribution is 2.29. The number of para-hydroxylation sites is 1. The predicted octanol–water partition coefficient (Wildman–Crippen LogP) is 2.54. The maximum Gasteiger partial charge on any atom is 0.416 e. The number of nitrogens with two attached hydrogens (primary N) is 1. The lowest BCUT2D eigenvalue weighted by Crippen LogP contribution is -2.27. The first-order chi connectivity index (χ1) is 12.3. The van der Waals surface area contributed by atoms with E-state index in [-0.39, 0.29) is 24.5 Å². The molecule has 26 heavy (non-hydrogen) atoms.